The Balaban J connectivity index is 2.77. The Labute approximate surface area is 115 Å². The maximum atomic E-state index is 13.0. The van der Waals surface area contributed by atoms with Gasteiger partial charge in [-0.05, 0) is 19.9 Å². The highest BCUT2D eigenvalue weighted by atomic mass is 35.5. The number of nitrogens with zero attached hydrogens (tertiary/aromatic N) is 2. The van der Waals surface area contributed by atoms with Gasteiger partial charge in [-0.1, -0.05) is 11.6 Å². The van der Waals surface area contributed by atoms with E-state index in [1.54, 1.807) is 0 Å². The molecule has 1 heterocycles. The zero-order valence-corrected chi connectivity index (χ0v) is 11.7. The van der Waals surface area contributed by atoms with Gasteiger partial charge >= 0.3 is 0 Å². The molecule has 0 aliphatic carbocycles. The maximum Gasteiger partial charge on any atom is 0.257 e. The van der Waals surface area contributed by atoms with Gasteiger partial charge in [0.1, 0.15) is 11.0 Å². The highest BCUT2D eigenvalue weighted by Crippen LogP contribution is 2.15. The first kappa shape index (κ1) is 15.4. The van der Waals surface area contributed by atoms with Crippen LogP contribution < -0.4 is 5.32 Å². The number of rotatable bonds is 4. The number of carbonyl (C=O) groups is 2. The van der Waals surface area contributed by atoms with Crippen molar-refractivity contribution in [3.05, 3.63) is 28.8 Å². The Morgan fingerprint density at radius 3 is 2.74 bits per heavy atom. The summed E-state index contributed by atoms with van der Waals surface area (Å²) in [6, 6.07) is 0.976. The summed E-state index contributed by atoms with van der Waals surface area (Å²) in [5.74, 6) is -1.52. The van der Waals surface area contributed by atoms with Crippen molar-refractivity contribution in [2.45, 2.75) is 19.9 Å². The molecular formula is C12H15ClFN3O2. The van der Waals surface area contributed by atoms with Crippen LogP contribution in [0.3, 0.4) is 0 Å². The van der Waals surface area contributed by atoms with Crippen molar-refractivity contribution in [1.82, 2.24) is 15.2 Å². The highest BCUT2D eigenvalue weighted by Gasteiger charge is 2.19. The monoisotopic (exact) mass is 287 g/mol. The first-order chi connectivity index (χ1) is 8.81. The molecule has 1 N–H and O–H groups in total. The molecule has 2 amide bonds. The van der Waals surface area contributed by atoms with Crippen molar-refractivity contribution >= 4 is 23.4 Å². The summed E-state index contributed by atoms with van der Waals surface area (Å²) in [5, 5.41) is 2.56. The first-order valence-electron chi connectivity index (χ1n) is 5.67. The highest BCUT2D eigenvalue weighted by molar-refractivity contribution is 6.32. The third-order valence-electron chi connectivity index (χ3n) is 2.21. The first-order valence-corrected chi connectivity index (χ1v) is 6.05. The van der Waals surface area contributed by atoms with Crippen molar-refractivity contribution in [2.24, 2.45) is 0 Å². The van der Waals surface area contributed by atoms with Gasteiger partial charge < -0.3 is 10.2 Å². The summed E-state index contributed by atoms with van der Waals surface area (Å²) in [4.78, 5) is 28.2. The average molecular weight is 288 g/mol. The topological polar surface area (TPSA) is 62.3 Å². The number of aromatic nitrogens is 1. The second kappa shape index (κ2) is 6.47. The molecule has 0 radical (unpaired) electrons. The smallest absolute Gasteiger partial charge is 0.257 e. The average Bonchev–Trinajstić information content (AvgIpc) is 2.30. The summed E-state index contributed by atoms with van der Waals surface area (Å²) < 4.78 is 13.0. The normalized spacial score (nSPS) is 10.4. The summed E-state index contributed by atoms with van der Waals surface area (Å²) in [6.45, 7) is 3.49. The second-order valence-corrected chi connectivity index (χ2v) is 4.73. The molecule has 0 aliphatic rings. The van der Waals surface area contributed by atoms with Gasteiger partial charge in [-0.3, -0.25) is 9.59 Å². The van der Waals surface area contributed by atoms with Gasteiger partial charge in [-0.2, -0.15) is 0 Å². The molecule has 0 bridgehead atoms. The van der Waals surface area contributed by atoms with E-state index in [9.17, 15) is 14.0 Å². The fourth-order valence-electron chi connectivity index (χ4n) is 1.43. The van der Waals surface area contributed by atoms with E-state index in [1.807, 2.05) is 13.8 Å². The van der Waals surface area contributed by atoms with Crippen LogP contribution in [0.4, 0.5) is 4.39 Å². The Hall–Kier alpha value is -1.69. The molecule has 1 aromatic rings. The number of hydrogen-bond acceptors (Lipinski definition) is 3. The van der Waals surface area contributed by atoms with Crippen molar-refractivity contribution in [2.75, 3.05) is 13.6 Å². The van der Waals surface area contributed by atoms with E-state index >= 15 is 0 Å². The van der Waals surface area contributed by atoms with Crippen LogP contribution in [-0.2, 0) is 4.79 Å². The van der Waals surface area contributed by atoms with Crippen molar-refractivity contribution in [1.29, 1.82) is 0 Å². The lowest BCUT2D eigenvalue weighted by molar-refractivity contribution is -0.122. The van der Waals surface area contributed by atoms with Crippen LogP contribution in [0, 0.1) is 5.82 Å². The molecule has 0 saturated heterocycles. The van der Waals surface area contributed by atoms with Gasteiger partial charge in [0.05, 0.1) is 18.3 Å². The lowest BCUT2D eigenvalue weighted by Gasteiger charge is -2.18. The van der Waals surface area contributed by atoms with Crippen LogP contribution in [0.15, 0.2) is 12.3 Å². The van der Waals surface area contributed by atoms with Gasteiger partial charge in [0, 0.05) is 13.1 Å². The van der Waals surface area contributed by atoms with Crippen LogP contribution in [-0.4, -0.2) is 41.3 Å². The van der Waals surface area contributed by atoms with E-state index in [0.717, 1.165) is 17.2 Å². The Morgan fingerprint density at radius 1 is 1.53 bits per heavy atom. The summed E-state index contributed by atoms with van der Waals surface area (Å²) >= 11 is 5.73. The third-order valence-corrected chi connectivity index (χ3v) is 2.51. The largest absolute Gasteiger partial charge is 0.352 e. The number of carbonyl (C=O) groups excluding carboxylic acids is 2. The Morgan fingerprint density at radius 2 is 2.16 bits per heavy atom. The number of hydrogen-bond donors (Lipinski definition) is 1. The zero-order valence-electron chi connectivity index (χ0n) is 10.9. The van der Waals surface area contributed by atoms with E-state index in [0.29, 0.717) is 0 Å². The molecule has 0 saturated carbocycles. The molecule has 0 spiro atoms. The van der Waals surface area contributed by atoms with Gasteiger partial charge in [-0.15, -0.1) is 0 Å². The maximum absolute atomic E-state index is 13.0. The molecule has 7 heteroatoms. The van der Waals surface area contributed by atoms with E-state index in [-0.39, 0.29) is 29.2 Å². The molecule has 5 nitrogen and oxygen atoms in total. The van der Waals surface area contributed by atoms with Crippen LogP contribution in [0.1, 0.15) is 24.2 Å². The molecule has 0 fully saturated rings. The quantitative estimate of drug-likeness (QED) is 0.853. The fourth-order valence-corrected chi connectivity index (χ4v) is 1.62. The molecule has 0 aromatic carbocycles. The lowest BCUT2D eigenvalue weighted by atomic mass is 10.2. The van der Waals surface area contributed by atoms with E-state index in [4.69, 9.17) is 11.6 Å². The molecule has 1 rings (SSSR count). The number of likely N-dealkylation sites (N-methyl/N-ethyl adjacent to an activating group) is 1. The number of nitrogens with one attached hydrogen (secondary N) is 1. The molecule has 104 valence electrons. The van der Waals surface area contributed by atoms with Gasteiger partial charge in [-0.25, -0.2) is 9.37 Å². The SMILES string of the molecule is CC(C)NC(=O)CN(C)C(=O)c1cc(F)cnc1Cl. The van der Waals surface area contributed by atoms with E-state index in [2.05, 4.69) is 10.3 Å². The fraction of sp³-hybridized carbons (Fsp3) is 0.417. The Kier molecular flexibility index (Phi) is 5.23. The van der Waals surface area contributed by atoms with E-state index < -0.39 is 11.7 Å². The van der Waals surface area contributed by atoms with Gasteiger partial charge in [0.25, 0.3) is 5.91 Å². The van der Waals surface area contributed by atoms with Crippen LogP contribution in [0.2, 0.25) is 5.15 Å². The van der Waals surface area contributed by atoms with Gasteiger partial charge in [0.2, 0.25) is 5.91 Å². The minimum absolute atomic E-state index is 0.0181. The predicted molar refractivity (Wildman–Crippen MR) is 69.4 cm³/mol. The minimum Gasteiger partial charge on any atom is -0.352 e. The van der Waals surface area contributed by atoms with E-state index in [1.165, 1.54) is 7.05 Å². The summed E-state index contributed by atoms with van der Waals surface area (Å²) in [7, 11) is 1.43. The lowest BCUT2D eigenvalue weighted by Crippen LogP contribution is -2.41. The van der Waals surface area contributed by atoms with Crippen LogP contribution >= 0.6 is 11.6 Å². The van der Waals surface area contributed by atoms with Crippen molar-refractivity contribution in [3.63, 3.8) is 0 Å². The molecule has 0 aliphatic heterocycles. The van der Waals surface area contributed by atoms with Crippen molar-refractivity contribution < 1.29 is 14.0 Å². The zero-order chi connectivity index (χ0) is 14.6. The minimum atomic E-state index is -0.659. The summed E-state index contributed by atoms with van der Waals surface area (Å²) in [5.41, 5.74) is -0.0680. The third kappa shape index (κ3) is 4.48. The standard InChI is InChI=1S/C12H15ClFN3O2/c1-7(2)16-10(18)6-17(3)12(19)9-4-8(14)5-15-11(9)13/h4-5,7H,6H2,1-3H3,(H,16,18). The molecule has 19 heavy (non-hydrogen) atoms. The van der Waals surface area contributed by atoms with Crippen LogP contribution in [0.5, 0.6) is 0 Å². The number of pyridine rings is 1. The second-order valence-electron chi connectivity index (χ2n) is 4.38. The number of amides is 2. The van der Waals surface area contributed by atoms with Gasteiger partial charge in [0.15, 0.2) is 0 Å². The molecule has 0 atom stereocenters. The number of halogens is 2. The summed E-state index contributed by atoms with van der Waals surface area (Å²) in [6.07, 6.45) is 0.921. The molecular weight excluding hydrogens is 273 g/mol. The molecule has 0 unspecified atom stereocenters. The molecule has 1 aromatic heterocycles. The van der Waals surface area contributed by atoms with Crippen molar-refractivity contribution in [3.8, 4) is 0 Å². The Bertz CT molecular complexity index is 494. The van der Waals surface area contributed by atoms with Crippen LogP contribution in [0.25, 0.3) is 0 Å². The predicted octanol–water partition coefficient (Wildman–Crippen LogP) is 1.47.